The Labute approximate surface area is 216 Å². The molecule has 0 aromatic heterocycles. The van der Waals surface area contributed by atoms with Crippen LogP contribution >= 0.6 is 0 Å². The van der Waals surface area contributed by atoms with E-state index in [1.54, 1.807) is 5.57 Å². The number of nitrogens with zero attached hydrogens (tertiary/aromatic N) is 2. The molecule has 8 atom stereocenters. The Morgan fingerprint density at radius 2 is 1.91 bits per heavy atom. The molecule has 0 N–H and O–H groups in total. The van der Waals surface area contributed by atoms with Crippen molar-refractivity contribution in [1.82, 2.24) is 0 Å². The first kappa shape index (κ1) is 26.8. The van der Waals surface area contributed by atoms with Gasteiger partial charge in [-0.25, -0.2) is 0 Å². The van der Waals surface area contributed by atoms with E-state index in [9.17, 15) is 0 Å². The Morgan fingerprint density at radius 3 is 2.63 bits per heavy atom. The molecule has 0 unspecified atom stereocenters. The van der Waals surface area contributed by atoms with Gasteiger partial charge in [0.1, 0.15) is 6.61 Å². The fraction of sp³-hybridized carbons (Fsp3) is 0.875. The third-order valence-electron chi connectivity index (χ3n) is 11.7. The van der Waals surface area contributed by atoms with Gasteiger partial charge in [-0.1, -0.05) is 71.2 Å². The van der Waals surface area contributed by atoms with Gasteiger partial charge >= 0.3 is 0 Å². The molecule has 0 radical (unpaired) electrons. The van der Waals surface area contributed by atoms with E-state index in [2.05, 4.69) is 58.8 Å². The van der Waals surface area contributed by atoms with Crippen LogP contribution in [0.4, 0.5) is 0 Å². The number of oxime groups is 1. The van der Waals surface area contributed by atoms with E-state index in [4.69, 9.17) is 10.1 Å². The zero-order chi connectivity index (χ0) is 25.2. The fourth-order valence-corrected chi connectivity index (χ4v) is 9.46. The van der Waals surface area contributed by atoms with Crippen molar-refractivity contribution in [1.29, 1.82) is 5.26 Å². The molecule has 0 amide bonds. The first-order chi connectivity index (χ1) is 16.7. The van der Waals surface area contributed by atoms with Crippen molar-refractivity contribution in [3.63, 3.8) is 0 Å². The predicted molar refractivity (Wildman–Crippen MR) is 146 cm³/mol. The summed E-state index contributed by atoms with van der Waals surface area (Å²) < 4.78 is 0. The second-order valence-corrected chi connectivity index (χ2v) is 13.5. The van der Waals surface area contributed by atoms with Crippen molar-refractivity contribution in [2.75, 3.05) is 6.61 Å². The van der Waals surface area contributed by atoms with E-state index in [-0.39, 0.29) is 0 Å². The van der Waals surface area contributed by atoms with Crippen molar-refractivity contribution in [2.45, 2.75) is 119 Å². The molecule has 3 fully saturated rings. The monoisotopic (exact) mass is 480 g/mol. The molecule has 0 heterocycles. The van der Waals surface area contributed by atoms with Crippen LogP contribution in [-0.4, -0.2) is 12.3 Å². The summed E-state index contributed by atoms with van der Waals surface area (Å²) in [4.78, 5) is 5.43. The van der Waals surface area contributed by atoms with Gasteiger partial charge in [0.25, 0.3) is 0 Å². The van der Waals surface area contributed by atoms with Crippen molar-refractivity contribution in [3.8, 4) is 6.07 Å². The smallest absolute Gasteiger partial charge is 0.130 e. The van der Waals surface area contributed by atoms with Crippen LogP contribution in [0.1, 0.15) is 119 Å². The van der Waals surface area contributed by atoms with Crippen molar-refractivity contribution < 1.29 is 4.84 Å². The van der Waals surface area contributed by atoms with Crippen LogP contribution in [0.2, 0.25) is 0 Å². The second-order valence-electron chi connectivity index (χ2n) is 13.5. The lowest BCUT2D eigenvalue weighted by Crippen LogP contribution is -2.50. The lowest BCUT2D eigenvalue weighted by molar-refractivity contribution is -0.0472. The molecule has 0 aromatic rings. The Balaban J connectivity index is 1.43. The van der Waals surface area contributed by atoms with Gasteiger partial charge in [0.05, 0.1) is 18.2 Å². The standard InChI is InChI=1S/C32H52N2O/c1-7-24(22(2)3)10-9-23(4)28-13-14-29-27-12-11-25-21-26(34-35-20-8-19-33)15-17-31(25,5)30(27)16-18-32(28,29)6/h11,22-24,27-30H,7-10,12-18,20-21H2,1-6H3/b34-26+/t23-,24-,27+,28-,29+,30+,31+,32-/m1/s1. The maximum Gasteiger partial charge on any atom is 0.130 e. The molecule has 196 valence electrons. The first-order valence-corrected chi connectivity index (χ1v) is 15.0. The average Bonchev–Trinajstić information content (AvgIpc) is 3.19. The minimum absolute atomic E-state index is 0.352. The lowest BCUT2D eigenvalue weighted by atomic mass is 9.47. The molecular weight excluding hydrogens is 428 g/mol. The third kappa shape index (κ3) is 5.10. The Kier molecular flexibility index (Phi) is 8.39. The van der Waals surface area contributed by atoms with Crippen LogP contribution in [-0.2, 0) is 4.84 Å². The van der Waals surface area contributed by atoms with E-state index in [0.29, 0.717) is 23.9 Å². The van der Waals surface area contributed by atoms with Gasteiger partial charge in [-0.05, 0) is 104 Å². The highest BCUT2D eigenvalue weighted by atomic mass is 16.6. The molecule has 0 aromatic carbocycles. The van der Waals surface area contributed by atoms with Crippen molar-refractivity contribution in [3.05, 3.63) is 11.6 Å². The number of fused-ring (bicyclic) bond motifs is 5. The highest BCUT2D eigenvalue weighted by molar-refractivity contribution is 5.87. The van der Waals surface area contributed by atoms with Gasteiger partial charge in [-0.2, -0.15) is 5.26 Å². The predicted octanol–water partition coefficient (Wildman–Crippen LogP) is 8.95. The molecule has 0 bridgehead atoms. The molecule has 0 saturated heterocycles. The second kappa shape index (κ2) is 11.0. The van der Waals surface area contributed by atoms with E-state index in [1.807, 2.05) is 0 Å². The van der Waals surface area contributed by atoms with Gasteiger partial charge in [0.15, 0.2) is 0 Å². The van der Waals surface area contributed by atoms with E-state index in [0.717, 1.165) is 54.3 Å². The Morgan fingerprint density at radius 1 is 1.11 bits per heavy atom. The maximum atomic E-state index is 8.72. The summed E-state index contributed by atoms with van der Waals surface area (Å²) in [6, 6.07) is 2.13. The lowest BCUT2D eigenvalue weighted by Gasteiger charge is -2.58. The van der Waals surface area contributed by atoms with Crippen molar-refractivity contribution >= 4 is 5.71 Å². The molecule has 3 nitrogen and oxygen atoms in total. The van der Waals surface area contributed by atoms with Crippen LogP contribution in [0, 0.1) is 63.6 Å². The Bertz CT molecular complexity index is 837. The zero-order valence-corrected chi connectivity index (χ0v) is 23.6. The zero-order valence-electron chi connectivity index (χ0n) is 23.6. The number of allylic oxidation sites excluding steroid dienone is 2. The van der Waals surface area contributed by atoms with Crippen molar-refractivity contribution in [2.24, 2.45) is 57.4 Å². The average molecular weight is 481 g/mol. The third-order valence-corrected chi connectivity index (χ3v) is 11.7. The summed E-state index contributed by atoms with van der Waals surface area (Å²) in [6.45, 7) is 15.5. The van der Waals surface area contributed by atoms with E-state index in [1.165, 1.54) is 63.5 Å². The minimum atomic E-state index is 0.352. The molecule has 4 aliphatic carbocycles. The quantitative estimate of drug-likeness (QED) is 0.188. The van der Waals surface area contributed by atoms with Crippen LogP contribution in [0.5, 0.6) is 0 Å². The van der Waals surface area contributed by atoms with Gasteiger partial charge in [0, 0.05) is 6.42 Å². The fourth-order valence-electron chi connectivity index (χ4n) is 9.46. The molecule has 0 spiro atoms. The number of nitriles is 1. The summed E-state index contributed by atoms with van der Waals surface area (Å²) in [7, 11) is 0. The van der Waals surface area contributed by atoms with E-state index < -0.39 is 0 Å². The van der Waals surface area contributed by atoms with Crippen LogP contribution < -0.4 is 0 Å². The van der Waals surface area contributed by atoms with Crippen LogP contribution in [0.25, 0.3) is 0 Å². The molecule has 4 rings (SSSR count). The van der Waals surface area contributed by atoms with Gasteiger partial charge in [-0.15, -0.1) is 0 Å². The van der Waals surface area contributed by atoms with Gasteiger partial charge in [-0.3, -0.25) is 0 Å². The minimum Gasteiger partial charge on any atom is -0.395 e. The van der Waals surface area contributed by atoms with Crippen LogP contribution in [0.3, 0.4) is 0 Å². The Hall–Kier alpha value is -1.30. The molecule has 0 aliphatic heterocycles. The largest absolute Gasteiger partial charge is 0.395 e. The maximum absolute atomic E-state index is 8.72. The summed E-state index contributed by atoms with van der Waals surface area (Å²) >= 11 is 0. The van der Waals surface area contributed by atoms with Gasteiger partial charge < -0.3 is 4.84 Å². The highest BCUT2D eigenvalue weighted by Gasteiger charge is 2.59. The molecular formula is C32H52N2O. The SMILES string of the molecule is CC[C@H](CC[C@@H](C)[C@H]1CC[C@H]2[C@@H]3CC=C4C/C(=N/OCCC#N)CC[C@]4(C)[C@H]3CC[C@]12C)C(C)C. The normalized spacial score (nSPS) is 39.3. The molecule has 35 heavy (non-hydrogen) atoms. The molecule has 4 aliphatic rings. The number of hydrogen-bond acceptors (Lipinski definition) is 3. The summed E-state index contributed by atoms with van der Waals surface area (Å²) in [6.07, 6.45) is 17.6. The molecule has 3 heteroatoms. The van der Waals surface area contributed by atoms with Gasteiger partial charge in [0.2, 0.25) is 0 Å². The summed E-state index contributed by atoms with van der Waals surface area (Å²) in [5, 5.41) is 13.1. The summed E-state index contributed by atoms with van der Waals surface area (Å²) in [5.41, 5.74) is 3.73. The first-order valence-electron chi connectivity index (χ1n) is 15.0. The van der Waals surface area contributed by atoms with E-state index >= 15 is 0 Å². The molecule has 3 saturated carbocycles. The topological polar surface area (TPSA) is 45.4 Å². The number of rotatable bonds is 9. The van der Waals surface area contributed by atoms with Crippen LogP contribution in [0.15, 0.2) is 16.8 Å². The number of hydrogen-bond donors (Lipinski definition) is 0. The highest BCUT2D eigenvalue weighted by Crippen LogP contribution is 2.67. The summed E-state index contributed by atoms with van der Waals surface area (Å²) in [5.74, 6) is 6.16.